The number of nitrogens with one attached hydrogen (secondary N) is 1. The highest BCUT2D eigenvalue weighted by Crippen LogP contribution is 2.34. The van der Waals surface area contributed by atoms with E-state index < -0.39 is 17.6 Å². The second kappa shape index (κ2) is 10.1. The van der Waals surface area contributed by atoms with Crippen LogP contribution in [0.15, 0.2) is 40.9 Å². The summed E-state index contributed by atoms with van der Waals surface area (Å²) in [5.41, 5.74) is 0.0389. The van der Waals surface area contributed by atoms with Gasteiger partial charge in [-0.3, -0.25) is 4.79 Å². The van der Waals surface area contributed by atoms with Gasteiger partial charge in [0.05, 0.1) is 15.6 Å². The van der Waals surface area contributed by atoms with E-state index in [1.54, 1.807) is 19.2 Å². The molecule has 1 aliphatic rings. The summed E-state index contributed by atoms with van der Waals surface area (Å²) in [6, 6.07) is 8.39. The van der Waals surface area contributed by atoms with Crippen LogP contribution in [0.25, 0.3) is 0 Å². The van der Waals surface area contributed by atoms with Gasteiger partial charge in [0.1, 0.15) is 0 Å². The summed E-state index contributed by atoms with van der Waals surface area (Å²) in [7, 11) is 1.62. The lowest BCUT2D eigenvalue weighted by molar-refractivity contribution is -0.137. The third-order valence-electron chi connectivity index (χ3n) is 5.11. The Balaban J connectivity index is 0.00000320. The number of hydrogen-bond acceptors (Lipinski definition) is 2. The molecule has 1 amide bonds. The van der Waals surface area contributed by atoms with E-state index in [4.69, 9.17) is 23.2 Å². The van der Waals surface area contributed by atoms with Gasteiger partial charge in [0.25, 0.3) is 5.91 Å². The van der Waals surface area contributed by atoms with E-state index in [9.17, 15) is 18.0 Å². The number of carbonyl (C=O) groups excluding carboxylic acids is 1. The first-order chi connectivity index (χ1) is 13.6. The van der Waals surface area contributed by atoms with Crippen molar-refractivity contribution in [1.82, 2.24) is 10.2 Å². The Morgan fingerprint density at radius 1 is 1.17 bits per heavy atom. The van der Waals surface area contributed by atoms with Crippen molar-refractivity contribution in [2.24, 2.45) is 0 Å². The summed E-state index contributed by atoms with van der Waals surface area (Å²) in [6.07, 6.45) is -3.87. The van der Waals surface area contributed by atoms with Gasteiger partial charge in [-0.25, -0.2) is 0 Å². The van der Waals surface area contributed by atoms with Gasteiger partial charge >= 0.3 is 6.18 Å². The van der Waals surface area contributed by atoms with Crippen LogP contribution in [0.1, 0.15) is 33.8 Å². The number of amides is 1. The maximum Gasteiger partial charge on any atom is 0.416 e. The molecule has 0 aliphatic carbocycles. The molecule has 10 heteroatoms. The zero-order chi connectivity index (χ0) is 21.3. The molecule has 2 atom stereocenters. The SMILES string of the molecule is CN(C(=O)c1cc(Br)cc(C(F)(F)F)c1)C1CCNCC1c1ccc(Cl)c(Cl)c1.Cl. The number of likely N-dealkylation sites (N-methyl/N-ethyl adjacent to an activating group) is 1. The van der Waals surface area contributed by atoms with Crippen LogP contribution in [0.3, 0.4) is 0 Å². The molecule has 1 heterocycles. The molecule has 1 saturated heterocycles. The molecule has 0 spiro atoms. The zero-order valence-corrected chi connectivity index (χ0v) is 19.7. The molecular weight excluding hydrogens is 527 g/mol. The number of nitrogens with zero attached hydrogens (tertiary/aromatic N) is 1. The van der Waals surface area contributed by atoms with Crippen molar-refractivity contribution < 1.29 is 18.0 Å². The summed E-state index contributed by atoms with van der Waals surface area (Å²) >= 11 is 15.2. The minimum atomic E-state index is -4.53. The Morgan fingerprint density at radius 2 is 1.87 bits per heavy atom. The smallest absolute Gasteiger partial charge is 0.338 e. The number of alkyl halides is 3. The fraction of sp³-hybridized carbons (Fsp3) is 0.350. The van der Waals surface area contributed by atoms with E-state index in [0.29, 0.717) is 29.6 Å². The topological polar surface area (TPSA) is 32.3 Å². The van der Waals surface area contributed by atoms with Crippen LogP contribution in [-0.4, -0.2) is 37.0 Å². The highest BCUT2D eigenvalue weighted by molar-refractivity contribution is 9.10. The van der Waals surface area contributed by atoms with Crippen molar-refractivity contribution in [3.8, 4) is 0 Å². The predicted octanol–water partition coefficient (Wildman–Crippen LogP) is 6.41. The van der Waals surface area contributed by atoms with Gasteiger partial charge in [0.15, 0.2) is 0 Å². The summed E-state index contributed by atoms with van der Waals surface area (Å²) in [4.78, 5) is 14.6. The molecule has 164 valence electrons. The van der Waals surface area contributed by atoms with Gasteiger partial charge < -0.3 is 10.2 Å². The summed E-state index contributed by atoms with van der Waals surface area (Å²) < 4.78 is 39.6. The van der Waals surface area contributed by atoms with E-state index >= 15 is 0 Å². The first-order valence-corrected chi connectivity index (χ1v) is 10.4. The molecule has 1 fully saturated rings. The quantitative estimate of drug-likeness (QED) is 0.482. The molecule has 0 radical (unpaired) electrons. The van der Waals surface area contributed by atoms with E-state index in [1.165, 1.54) is 11.0 Å². The van der Waals surface area contributed by atoms with Crippen LogP contribution in [0.5, 0.6) is 0 Å². The minimum absolute atomic E-state index is 0. The summed E-state index contributed by atoms with van der Waals surface area (Å²) in [5, 5.41) is 4.16. The van der Waals surface area contributed by atoms with Crippen molar-refractivity contribution in [1.29, 1.82) is 0 Å². The molecule has 1 aliphatic heterocycles. The first-order valence-electron chi connectivity index (χ1n) is 8.88. The minimum Gasteiger partial charge on any atom is -0.338 e. The molecule has 0 saturated carbocycles. The van der Waals surface area contributed by atoms with E-state index in [-0.39, 0.29) is 34.4 Å². The maximum atomic E-state index is 13.1. The van der Waals surface area contributed by atoms with Crippen LogP contribution in [0, 0.1) is 0 Å². The lowest BCUT2D eigenvalue weighted by atomic mass is 9.85. The average molecular weight is 547 g/mol. The Hall–Kier alpha value is -0.990. The third-order valence-corrected chi connectivity index (χ3v) is 6.30. The Labute approximate surface area is 197 Å². The summed E-state index contributed by atoms with van der Waals surface area (Å²) in [6.45, 7) is 1.32. The molecular formula is C20H19BrCl3F3N2O. The molecule has 0 bridgehead atoms. The average Bonchev–Trinajstić information content (AvgIpc) is 2.68. The molecule has 3 rings (SSSR count). The van der Waals surface area contributed by atoms with Crippen molar-refractivity contribution in [2.75, 3.05) is 20.1 Å². The van der Waals surface area contributed by atoms with Gasteiger partial charge in [-0.15, -0.1) is 12.4 Å². The fourth-order valence-electron chi connectivity index (χ4n) is 3.62. The van der Waals surface area contributed by atoms with Crippen LogP contribution in [0.2, 0.25) is 10.0 Å². The lowest BCUT2D eigenvalue weighted by Gasteiger charge is -2.39. The van der Waals surface area contributed by atoms with Crippen LogP contribution < -0.4 is 5.32 Å². The third kappa shape index (κ3) is 5.62. The predicted molar refractivity (Wildman–Crippen MR) is 119 cm³/mol. The number of carbonyl (C=O) groups is 1. The second-order valence-electron chi connectivity index (χ2n) is 6.98. The maximum absolute atomic E-state index is 13.1. The van der Waals surface area contributed by atoms with Gasteiger partial charge in [-0.1, -0.05) is 45.2 Å². The van der Waals surface area contributed by atoms with Crippen molar-refractivity contribution >= 4 is 57.4 Å². The van der Waals surface area contributed by atoms with E-state index in [1.807, 2.05) is 6.07 Å². The Morgan fingerprint density at radius 3 is 2.50 bits per heavy atom. The van der Waals surface area contributed by atoms with Crippen molar-refractivity contribution in [2.45, 2.75) is 24.6 Å². The Kier molecular flexibility index (Phi) is 8.50. The van der Waals surface area contributed by atoms with Crippen LogP contribution >= 0.6 is 51.5 Å². The number of rotatable bonds is 3. The van der Waals surface area contributed by atoms with Crippen LogP contribution in [-0.2, 0) is 6.18 Å². The standard InChI is InChI=1S/C20H18BrCl2F3N2O.ClH/c1-28(19(29)12-6-13(20(24,25)26)9-14(21)7-12)18-4-5-27-10-15(18)11-2-3-16(22)17(23)8-11;/h2-3,6-9,15,18,27H,4-5,10H2,1H3;1H. The first kappa shape index (κ1) is 25.3. The molecule has 3 nitrogen and oxygen atoms in total. The van der Waals surface area contributed by atoms with Gasteiger partial charge in [-0.05, 0) is 48.9 Å². The van der Waals surface area contributed by atoms with Gasteiger partial charge in [0.2, 0.25) is 0 Å². The number of halogens is 7. The number of piperidine rings is 1. The number of benzene rings is 2. The number of hydrogen-bond donors (Lipinski definition) is 1. The van der Waals surface area contributed by atoms with Crippen molar-refractivity contribution in [3.05, 3.63) is 67.6 Å². The van der Waals surface area contributed by atoms with Crippen LogP contribution in [0.4, 0.5) is 13.2 Å². The second-order valence-corrected chi connectivity index (χ2v) is 8.71. The van der Waals surface area contributed by atoms with E-state index in [0.717, 1.165) is 17.7 Å². The van der Waals surface area contributed by atoms with Gasteiger partial charge in [0, 0.05) is 35.6 Å². The lowest BCUT2D eigenvalue weighted by Crippen LogP contribution is -2.49. The highest BCUT2D eigenvalue weighted by Gasteiger charge is 2.35. The normalized spacial score (nSPS) is 19.2. The summed E-state index contributed by atoms with van der Waals surface area (Å²) in [5.74, 6) is -0.532. The molecule has 2 unspecified atom stereocenters. The molecule has 30 heavy (non-hydrogen) atoms. The molecule has 1 N–H and O–H groups in total. The molecule has 2 aromatic carbocycles. The fourth-order valence-corrected chi connectivity index (χ4v) is 4.42. The molecule has 2 aromatic rings. The largest absolute Gasteiger partial charge is 0.416 e. The van der Waals surface area contributed by atoms with Crippen molar-refractivity contribution in [3.63, 3.8) is 0 Å². The molecule has 0 aromatic heterocycles. The zero-order valence-electron chi connectivity index (χ0n) is 15.8. The van der Waals surface area contributed by atoms with E-state index in [2.05, 4.69) is 21.2 Å². The monoisotopic (exact) mass is 544 g/mol. The Bertz CT molecular complexity index is 927. The van der Waals surface area contributed by atoms with Gasteiger partial charge in [-0.2, -0.15) is 13.2 Å². The highest BCUT2D eigenvalue weighted by atomic mass is 79.9.